The second-order valence-electron chi connectivity index (χ2n) is 12.7. The number of nitrogens with zero attached hydrogens (tertiary/aromatic N) is 2. The molecule has 2 aromatic carbocycles. The van der Waals surface area contributed by atoms with E-state index in [-0.39, 0.29) is 55.0 Å². The third-order valence-electron chi connectivity index (χ3n) is 9.75. The average Bonchev–Trinajstić information content (AvgIpc) is 3.29. The highest BCUT2D eigenvalue weighted by molar-refractivity contribution is 5.85. The highest BCUT2D eigenvalue weighted by atomic mass is 35.5. The molecule has 0 radical (unpaired) electrons. The molecule has 0 amide bonds. The van der Waals surface area contributed by atoms with Crippen LogP contribution >= 0.6 is 24.8 Å². The van der Waals surface area contributed by atoms with Gasteiger partial charge in [0.2, 0.25) is 0 Å². The fraction of sp³-hybridized carbons (Fsp3) is 0.588. The zero-order valence-electron chi connectivity index (χ0n) is 26.1. The molecule has 0 bridgehead atoms. The van der Waals surface area contributed by atoms with Crippen LogP contribution in [0.4, 0.5) is 4.39 Å². The van der Waals surface area contributed by atoms with Crippen molar-refractivity contribution in [3.05, 3.63) is 65.2 Å². The van der Waals surface area contributed by atoms with Crippen LogP contribution in [0, 0.1) is 17.7 Å². The summed E-state index contributed by atoms with van der Waals surface area (Å²) in [5.41, 5.74) is 3.76. The number of esters is 1. The number of fused-ring (bicyclic) bond motifs is 2. The largest absolute Gasteiger partial charge is 0.457 e. The SMILES string of the molecule is COCC(=O)O[C@]1(CCNC(C)[C@H]2CC[C@H](c3nc4ccccc4n3C)CC2)CCc2cc(F)ccc2[C@@H]1C(C)C.Cl.Cl. The van der Waals surface area contributed by atoms with Gasteiger partial charge in [0, 0.05) is 38.5 Å². The van der Waals surface area contributed by atoms with E-state index in [4.69, 9.17) is 14.5 Å². The molecule has 1 N–H and O–H groups in total. The summed E-state index contributed by atoms with van der Waals surface area (Å²) in [6.07, 6.45) is 6.72. The maximum absolute atomic E-state index is 14.1. The maximum Gasteiger partial charge on any atom is 0.332 e. The molecule has 2 aliphatic carbocycles. The van der Waals surface area contributed by atoms with Gasteiger partial charge in [0.15, 0.2) is 0 Å². The van der Waals surface area contributed by atoms with Crippen LogP contribution in [0.15, 0.2) is 42.5 Å². The van der Waals surface area contributed by atoms with Gasteiger partial charge in [-0.15, -0.1) is 24.8 Å². The van der Waals surface area contributed by atoms with Crippen LogP contribution < -0.4 is 5.32 Å². The number of carbonyl (C=O) groups excluding carboxylic acids is 1. The van der Waals surface area contributed by atoms with Gasteiger partial charge < -0.3 is 19.4 Å². The number of benzene rings is 2. The number of imidazole rings is 1. The summed E-state index contributed by atoms with van der Waals surface area (Å²) in [7, 11) is 3.65. The zero-order valence-corrected chi connectivity index (χ0v) is 27.7. The summed E-state index contributed by atoms with van der Waals surface area (Å²) in [5, 5.41) is 3.81. The summed E-state index contributed by atoms with van der Waals surface area (Å²) >= 11 is 0. The van der Waals surface area contributed by atoms with Crippen molar-refractivity contribution in [3.8, 4) is 0 Å². The molecule has 0 saturated heterocycles. The molecule has 6 nitrogen and oxygen atoms in total. The molecular formula is C34H48Cl2FN3O3. The van der Waals surface area contributed by atoms with E-state index < -0.39 is 5.60 Å². The number of hydrogen-bond donors (Lipinski definition) is 1. The van der Waals surface area contributed by atoms with E-state index in [1.807, 2.05) is 6.07 Å². The molecule has 0 aliphatic heterocycles. The first-order valence-corrected chi connectivity index (χ1v) is 15.4. The predicted octanol–water partition coefficient (Wildman–Crippen LogP) is 7.51. The Hall–Kier alpha value is -2.19. The van der Waals surface area contributed by atoms with Crippen molar-refractivity contribution in [2.45, 2.75) is 89.2 Å². The third-order valence-corrected chi connectivity index (χ3v) is 9.75. The van der Waals surface area contributed by atoms with Crippen LogP contribution in [-0.2, 0) is 27.7 Å². The standard InChI is InChI=1S/C34H46FN3O3.2ClH/c1-22(2)32-28-15-14-27(35)20-26(28)16-17-34(32,41-31(39)21-40-5)18-19-36-23(3)24-10-12-25(13-11-24)33-37-29-8-6-7-9-30(29)38(33)4;;/h6-9,14-15,20,22-25,32,36H,10-13,16-19,21H2,1-5H3;2*1H/t23?,24-,25-,32-,34-;;/m0../s1. The molecule has 1 aromatic heterocycles. The molecule has 1 fully saturated rings. The Labute approximate surface area is 268 Å². The van der Waals surface area contributed by atoms with Crippen molar-refractivity contribution < 1.29 is 18.7 Å². The summed E-state index contributed by atoms with van der Waals surface area (Å²) in [6.45, 7) is 7.32. The molecular weight excluding hydrogens is 588 g/mol. The number of carbonyl (C=O) groups is 1. The molecule has 1 heterocycles. The minimum Gasteiger partial charge on any atom is -0.457 e. The Kier molecular flexibility index (Phi) is 12.5. The van der Waals surface area contributed by atoms with Crippen molar-refractivity contribution in [3.63, 3.8) is 0 Å². The first kappa shape index (κ1) is 35.3. The first-order valence-electron chi connectivity index (χ1n) is 15.4. The number of rotatable bonds is 10. The van der Waals surface area contributed by atoms with Gasteiger partial charge in [0.05, 0.1) is 11.0 Å². The zero-order chi connectivity index (χ0) is 29.1. The van der Waals surface area contributed by atoms with Gasteiger partial charge in [0.25, 0.3) is 0 Å². The van der Waals surface area contributed by atoms with Crippen LogP contribution in [0.25, 0.3) is 11.0 Å². The predicted molar refractivity (Wildman–Crippen MR) is 175 cm³/mol. The molecule has 3 atom stereocenters. The normalized spacial score (nSPS) is 24.1. The molecule has 1 unspecified atom stereocenters. The van der Waals surface area contributed by atoms with Crippen molar-refractivity contribution in [1.82, 2.24) is 14.9 Å². The molecule has 9 heteroatoms. The molecule has 2 aliphatic rings. The van der Waals surface area contributed by atoms with Gasteiger partial charge in [-0.2, -0.15) is 0 Å². The van der Waals surface area contributed by atoms with E-state index in [0.717, 1.165) is 36.0 Å². The summed E-state index contributed by atoms with van der Waals surface area (Å²) < 4.78 is 27.8. The van der Waals surface area contributed by atoms with Crippen LogP contribution in [0.1, 0.15) is 88.1 Å². The quantitative estimate of drug-likeness (QED) is 0.234. The van der Waals surface area contributed by atoms with E-state index in [1.165, 1.54) is 37.4 Å². The lowest BCUT2D eigenvalue weighted by Crippen LogP contribution is -2.49. The van der Waals surface area contributed by atoms with E-state index in [9.17, 15) is 9.18 Å². The second-order valence-corrected chi connectivity index (χ2v) is 12.7. The van der Waals surface area contributed by atoms with E-state index in [2.05, 4.69) is 62.0 Å². The number of para-hydroxylation sites is 2. The first-order chi connectivity index (χ1) is 19.7. The Morgan fingerprint density at radius 1 is 1.12 bits per heavy atom. The van der Waals surface area contributed by atoms with Crippen LogP contribution in [0.2, 0.25) is 0 Å². The van der Waals surface area contributed by atoms with Crippen LogP contribution in [0.3, 0.4) is 0 Å². The molecule has 3 aromatic rings. The van der Waals surface area contributed by atoms with Gasteiger partial charge >= 0.3 is 5.97 Å². The van der Waals surface area contributed by atoms with Crippen molar-refractivity contribution >= 4 is 41.8 Å². The van der Waals surface area contributed by atoms with E-state index in [0.29, 0.717) is 37.1 Å². The number of aryl methyl sites for hydroxylation is 2. The second kappa shape index (κ2) is 15.2. The minimum absolute atomic E-state index is 0. The number of hydrogen-bond acceptors (Lipinski definition) is 5. The molecule has 43 heavy (non-hydrogen) atoms. The molecule has 5 rings (SSSR count). The topological polar surface area (TPSA) is 65.4 Å². The number of halogens is 3. The lowest BCUT2D eigenvalue weighted by Gasteiger charge is -2.47. The van der Waals surface area contributed by atoms with Gasteiger partial charge in [-0.1, -0.05) is 32.0 Å². The summed E-state index contributed by atoms with van der Waals surface area (Å²) in [6, 6.07) is 13.8. The lowest BCUT2D eigenvalue weighted by atomic mass is 9.65. The Morgan fingerprint density at radius 3 is 2.51 bits per heavy atom. The van der Waals surface area contributed by atoms with Crippen molar-refractivity contribution in [1.29, 1.82) is 0 Å². The highest BCUT2D eigenvalue weighted by Crippen LogP contribution is 2.48. The number of nitrogens with one attached hydrogen (secondary N) is 1. The Bertz CT molecular complexity index is 1360. The third kappa shape index (κ3) is 7.55. The summed E-state index contributed by atoms with van der Waals surface area (Å²) in [4.78, 5) is 17.8. The van der Waals surface area contributed by atoms with E-state index in [1.54, 1.807) is 6.07 Å². The Balaban J connectivity index is 0.00000253. The van der Waals surface area contributed by atoms with Crippen molar-refractivity contribution in [2.24, 2.45) is 18.9 Å². The number of aromatic nitrogens is 2. The fourth-order valence-corrected chi connectivity index (χ4v) is 7.75. The average molecular weight is 637 g/mol. The monoisotopic (exact) mass is 635 g/mol. The van der Waals surface area contributed by atoms with Crippen LogP contribution in [-0.4, -0.2) is 47.4 Å². The maximum atomic E-state index is 14.1. The number of methoxy groups -OCH3 is 1. The van der Waals surface area contributed by atoms with Gasteiger partial charge in [-0.05, 0) is 99.2 Å². The van der Waals surface area contributed by atoms with E-state index >= 15 is 0 Å². The van der Waals surface area contributed by atoms with Crippen LogP contribution in [0.5, 0.6) is 0 Å². The molecule has 0 spiro atoms. The highest BCUT2D eigenvalue weighted by Gasteiger charge is 2.47. The Morgan fingerprint density at radius 2 is 1.84 bits per heavy atom. The lowest BCUT2D eigenvalue weighted by molar-refractivity contribution is -0.171. The van der Waals surface area contributed by atoms with Gasteiger partial charge in [0.1, 0.15) is 23.8 Å². The number of ether oxygens (including phenoxy) is 2. The van der Waals surface area contributed by atoms with Gasteiger partial charge in [-0.25, -0.2) is 14.2 Å². The van der Waals surface area contributed by atoms with Crippen molar-refractivity contribution in [2.75, 3.05) is 20.3 Å². The minimum atomic E-state index is -0.654. The molecule has 1 saturated carbocycles. The smallest absolute Gasteiger partial charge is 0.332 e. The fourth-order valence-electron chi connectivity index (χ4n) is 7.75. The van der Waals surface area contributed by atoms with Gasteiger partial charge in [-0.3, -0.25) is 0 Å². The summed E-state index contributed by atoms with van der Waals surface area (Å²) in [5.74, 6) is 1.98. The molecule has 238 valence electrons.